The van der Waals surface area contributed by atoms with Gasteiger partial charge in [0.05, 0.1) is 24.9 Å². The first-order valence-corrected chi connectivity index (χ1v) is 11.1. The molecule has 2 aromatic rings. The molecule has 2 aromatic heterocycles. The van der Waals surface area contributed by atoms with Gasteiger partial charge in [0, 0.05) is 36.5 Å². The van der Waals surface area contributed by atoms with Crippen LogP contribution in [0.4, 0.5) is 5.95 Å². The fourth-order valence-electron chi connectivity index (χ4n) is 3.93. The van der Waals surface area contributed by atoms with Crippen molar-refractivity contribution in [1.29, 1.82) is 0 Å². The Bertz CT molecular complexity index is 814. The SMILES string of the molecule is CC1CCC(Nc2ncc(-c3ccc(OC(C)C)nc3)c(O[C@@H]3CCOC3)n2)CC1. The molecule has 1 N–H and O–H groups in total. The van der Waals surface area contributed by atoms with Gasteiger partial charge in [-0.15, -0.1) is 0 Å². The minimum absolute atomic E-state index is 0.0125. The van der Waals surface area contributed by atoms with Crippen molar-refractivity contribution in [1.82, 2.24) is 15.0 Å². The number of hydrogen-bond acceptors (Lipinski definition) is 7. The molecule has 4 rings (SSSR count). The van der Waals surface area contributed by atoms with Gasteiger partial charge in [-0.25, -0.2) is 9.97 Å². The molecule has 1 atom stereocenters. The van der Waals surface area contributed by atoms with Gasteiger partial charge in [0.15, 0.2) is 0 Å². The highest BCUT2D eigenvalue weighted by molar-refractivity contribution is 5.68. The Morgan fingerprint density at radius 1 is 1.07 bits per heavy atom. The maximum absolute atomic E-state index is 6.23. The van der Waals surface area contributed by atoms with Crippen LogP contribution in [0.2, 0.25) is 0 Å². The lowest BCUT2D eigenvalue weighted by molar-refractivity contribution is 0.138. The van der Waals surface area contributed by atoms with Crippen LogP contribution in [0, 0.1) is 5.92 Å². The van der Waals surface area contributed by atoms with Crippen LogP contribution in [0.25, 0.3) is 11.1 Å². The number of hydrogen-bond donors (Lipinski definition) is 1. The summed E-state index contributed by atoms with van der Waals surface area (Å²) in [5.41, 5.74) is 1.73. The molecule has 0 aromatic carbocycles. The molecule has 0 amide bonds. The maximum atomic E-state index is 6.23. The average Bonchev–Trinajstić information content (AvgIpc) is 3.23. The zero-order chi connectivity index (χ0) is 20.9. The van der Waals surface area contributed by atoms with Gasteiger partial charge in [-0.3, -0.25) is 0 Å². The van der Waals surface area contributed by atoms with Gasteiger partial charge < -0.3 is 19.5 Å². The van der Waals surface area contributed by atoms with Crippen molar-refractivity contribution in [3.63, 3.8) is 0 Å². The molecule has 1 aliphatic carbocycles. The first-order valence-electron chi connectivity index (χ1n) is 11.1. The molecular weight excluding hydrogens is 380 g/mol. The second-order valence-corrected chi connectivity index (χ2v) is 8.67. The Hall–Kier alpha value is -2.41. The highest BCUT2D eigenvalue weighted by Crippen LogP contribution is 2.32. The Labute approximate surface area is 178 Å². The second kappa shape index (κ2) is 9.60. The fourth-order valence-corrected chi connectivity index (χ4v) is 3.93. The molecule has 7 nitrogen and oxygen atoms in total. The molecule has 0 spiro atoms. The van der Waals surface area contributed by atoms with E-state index in [2.05, 4.69) is 22.2 Å². The molecule has 0 unspecified atom stereocenters. The maximum Gasteiger partial charge on any atom is 0.226 e. The summed E-state index contributed by atoms with van der Waals surface area (Å²) in [4.78, 5) is 13.7. The zero-order valence-corrected chi connectivity index (χ0v) is 18.1. The van der Waals surface area contributed by atoms with E-state index in [0.717, 1.165) is 42.9 Å². The average molecular weight is 413 g/mol. The van der Waals surface area contributed by atoms with Gasteiger partial charge in [0.2, 0.25) is 17.7 Å². The highest BCUT2D eigenvalue weighted by Gasteiger charge is 2.23. The monoisotopic (exact) mass is 412 g/mol. The predicted octanol–water partition coefficient (Wildman–Crippen LogP) is 4.48. The summed E-state index contributed by atoms with van der Waals surface area (Å²) in [6, 6.07) is 4.26. The lowest BCUT2D eigenvalue weighted by atomic mass is 9.87. The van der Waals surface area contributed by atoms with E-state index in [1.165, 1.54) is 12.8 Å². The normalized spacial score (nSPS) is 24.1. The highest BCUT2D eigenvalue weighted by atomic mass is 16.5. The van der Waals surface area contributed by atoms with E-state index in [4.69, 9.17) is 19.2 Å². The molecule has 2 fully saturated rings. The lowest BCUT2D eigenvalue weighted by Crippen LogP contribution is -2.26. The van der Waals surface area contributed by atoms with Crippen molar-refractivity contribution in [2.45, 2.75) is 71.1 Å². The smallest absolute Gasteiger partial charge is 0.226 e. The van der Waals surface area contributed by atoms with Gasteiger partial charge in [0.25, 0.3) is 0 Å². The minimum atomic E-state index is 0.0125. The van der Waals surface area contributed by atoms with E-state index in [-0.39, 0.29) is 12.2 Å². The second-order valence-electron chi connectivity index (χ2n) is 8.67. The zero-order valence-electron chi connectivity index (χ0n) is 18.1. The molecule has 2 aliphatic rings. The topological polar surface area (TPSA) is 78.4 Å². The van der Waals surface area contributed by atoms with Crippen molar-refractivity contribution in [2.24, 2.45) is 5.92 Å². The molecule has 7 heteroatoms. The van der Waals surface area contributed by atoms with Crippen LogP contribution < -0.4 is 14.8 Å². The van der Waals surface area contributed by atoms with E-state index in [0.29, 0.717) is 30.4 Å². The van der Waals surface area contributed by atoms with E-state index in [1.54, 1.807) is 6.20 Å². The van der Waals surface area contributed by atoms with Crippen LogP contribution in [0.5, 0.6) is 11.8 Å². The molecule has 0 radical (unpaired) electrons. The summed E-state index contributed by atoms with van der Waals surface area (Å²) in [6.45, 7) is 7.60. The van der Waals surface area contributed by atoms with Gasteiger partial charge >= 0.3 is 0 Å². The number of nitrogens with one attached hydrogen (secondary N) is 1. The number of aromatic nitrogens is 3. The number of rotatable bonds is 7. The third-order valence-corrected chi connectivity index (χ3v) is 5.67. The van der Waals surface area contributed by atoms with Gasteiger partial charge in [-0.05, 0) is 51.5 Å². The summed E-state index contributed by atoms with van der Waals surface area (Å²) in [5, 5.41) is 3.51. The Kier molecular flexibility index (Phi) is 6.67. The number of ether oxygens (including phenoxy) is 3. The first-order chi connectivity index (χ1) is 14.6. The van der Waals surface area contributed by atoms with Crippen molar-refractivity contribution in [3.8, 4) is 22.9 Å². The number of nitrogens with zero attached hydrogens (tertiary/aromatic N) is 3. The molecule has 1 aliphatic heterocycles. The quantitative estimate of drug-likeness (QED) is 0.718. The van der Waals surface area contributed by atoms with E-state index in [9.17, 15) is 0 Å². The summed E-state index contributed by atoms with van der Waals surface area (Å²) in [7, 11) is 0. The van der Waals surface area contributed by atoms with Crippen LogP contribution in [-0.4, -0.2) is 46.4 Å². The van der Waals surface area contributed by atoms with Crippen LogP contribution in [0.1, 0.15) is 52.9 Å². The van der Waals surface area contributed by atoms with Crippen LogP contribution in [-0.2, 0) is 4.74 Å². The summed E-state index contributed by atoms with van der Waals surface area (Å²) in [6.07, 6.45) is 9.37. The predicted molar refractivity (Wildman–Crippen MR) is 116 cm³/mol. The Balaban J connectivity index is 1.55. The van der Waals surface area contributed by atoms with Gasteiger partial charge in [0.1, 0.15) is 6.10 Å². The van der Waals surface area contributed by atoms with Gasteiger partial charge in [-0.2, -0.15) is 4.98 Å². The molecule has 162 valence electrons. The van der Waals surface area contributed by atoms with Crippen LogP contribution in [0.3, 0.4) is 0 Å². The first kappa shape index (κ1) is 20.8. The minimum Gasteiger partial charge on any atom is -0.475 e. The molecule has 1 saturated heterocycles. The van der Waals surface area contributed by atoms with Crippen molar-refractivity contribution < 1.29 is 14.2 Å². The molecule has 30 heavy (non-hydrogen) atoms. The van der Waals surface area contributed by atoms with Crippen molar-refractivity contribution in [3.05, 3.63) is 24.5 Å². The largest absolute Gasteiger partial charge is 0.475 e. The summed E-state index contributed by atoms with van der Waals surface area (Å²) in [5.74, 6) is 2.61. The number of anilines is 1. The van der Waals surface area contributed by atoms with Crippen molar-refractivity contribution >= 4 is 5.95 Å². The summed E-state index contributed by atoms with van der Waals surface area (Å²) >= 11 is 0. The molecular formula is C23H32N4O3. The van der Waals surface area contributed by atoms with Crippen LogP contribution >= 0.6 is 0 Å². The van der Waals surface area contributed by atoms with E-state index < -0.39 is 0 Å². The third kappa shape index (κ3) is 5.39. The number of pyridine rings is 1. The lowest BCUT2D eigenvalue weighted by Gasteiger charge is -2.27. The van der Waals surface area contributed by atoms with E-state index in [1.807, 2.05) is 32.2 Å². The van der Waals surface area contributed by atoms with E-state index >= 15 is 0 Å². The van der Waals surface area contributed by atoms with Crippen LogP contribution in [0.15, 0.2) is 24.5 Å². The molecule has 1 saturated carbocycles. The molecule has 3 heterocycles. The molecule has 0 bridgehead atoms. The fraction of sp³-hybridized carbons (Fsp3) is 0.609. The standard InChI is InChI=1S/C23H32N4O3/c1-15(2)29-21-9-6-17(12-24-21)20-13-25-23(26-18-7-4-16(3)5-8-18)27-22(20)30-19-10-11-28-14-19/h6,9,12-13,15-16,18-19H,4-5,7-8,10-11,14H2,1-3H3,(H,25,26,27)/t16?,18?,19-/m1/s1. The van der Waals surface area contributed by atoms with Crippen molar-refractivity contribution in [2.75, 3.05) is 18.5 Å². The third-order valence-electron chi connectivity index (χ3n) is 5.67. The Morgan fingerprint density at radius 3 is 2.57 bits per heavy atom. The Morgan fingerprint density at radius 2 is 1.90 bits per heavy atom. The summed E-state index contributed by atoms with van der Waals surface area (Å²) < 4.78 is 17.4. The van der Waals surface area contributed by atoms with Gasteiger partial charge in [-0.1, -0.05) is 6.92 Å².